The zero-order chi connectivity index (χ0) is 11.5. The molecule has 0 radical (unpaired) electrons. The Kier molecular flexibility index (Phi) is 3.74. The van der Waals surface area contributed by atoms with Gasteiger partial charge in [0.2, 0.25) is 5.88 Å². The number of nitrogens with zero attached hydrogens (tertiary/aromatic N) is 1. The van der Waals surface area contributed by atoms with Crippen molar-refractivity contribution in [3.8, 4) is 5.88 Å². The van der Waals surface area contributed by atoms with E-state index in [-0.39, 0.29) is 5.82 Å². The van der Waals surface area contributed by atoms with Crippen molar-refractivity contribution in [1.29, 1.82) is 0 Å². The van der Waals surface area contributed by atoms with Gasteiger partial charge in [-0.05, 0) is 12.5 Å². The van der Waals surface area contributed by atoms with Gasteiger partial charge in [0.15, 0.2) is 0 Å². The smallest absolute Gasteiger partial charge is 0.234 e. The minimum atomic E-state index is 0.226. The van der Waals surface area contributed by atoms with Crippen LogP contribution >= 0.6 is 23.2 Å². The summed E-state index contributed by atoms with van der Waals surface area (Å²) in [4.78, 5) is 3.98. The molecule has 1 saturated heterocycles. The van der Waals surface area contributed by atoms with Crippen LogP contribution in [-0.2, 0) is 4.74 Å². The molecular weight excluding hydrogens is 251 g/mol. The molecule has 16 heavy (non-hydrogen) atoms. The Morgan fingerprint density at radius 2 is 2.31 bits per heavy atom. The first-order valence-corrected chi connectivity index (χ1v) is 5.74. The average molecular weight is 263 g/mol. The molecule has 1 unspecified atom stereocenters. The van der Waals surface area contributed by atoms with Crippen molar-refractivity contribution in [3.63, 3.8) is 0 Å². The lowest BCUT2D eigenvalue weighted by Crippen LogP contribution is -2.12. The summed E-state index contributed by atoms with van der Waals surface area (Å²) in [6, 6.07) is 1.53. The van der Waals surface area contributed by atoms with Gasteiger partial charge in [-0.25, -0.2) is 0 Å². The van der Waals surface area contributed by atoms with E-state index < -0.39 is 0 Å². The van der Waals surface area contributed by atoms with Gasteiger partial charge in [-0.1, -0.05) is 23.2 Å². The summed E-state index contributed by atoms with van der Waals surface area (Å²) in [5.74, 6) is 0.953. The number of nitrogen functional groups attached to an aromatic ring is 1. The predicted molar refractivity (Wildman–Crippen MR) is 63.1 cm³/mol. The summed E-state index contributed by atoms with van der Waals surface area (Å²) < 4.78 is 10.7. The van der Waals surface area contributed by atoms with Gasteiger partial charge in [-0.3, -0.25) is 0 Å². The van der Waals surface area contributed by atoms with Crippen molar-refractivity contribution >= 4 is 29.0 Å². The number of anilines is 1. The molecule has 0 spiro atoms. The summed E-state index contributed by atoms with van der Waals surface area (Å²) in [5, 5.41) is 0.708. The number of pyridine rings is 1. The molecule has 1 aromatic heterocycles. The number of hydrogen-bond acceptors (Lipinski definition) is 4. The van der Waals surface area contributed by atoms with Gasteiger partial charge in [-0.15, -0.1) is 0 Å². The van der Waals surface area contributed by atoms with Gasteiger partial charge < -0.3 is 15.2 Å². The number of hydrogen-bond donors (Lipinski definition) is 1. The van der Waals surface area contributed by atoms with Crippen LogP contribution in [0.3, 0.4) is 0 Å². The number of aromatic nitrogens is 1. The Balaban J connectivity index is 2.00. The predicted octanol–water partition coefficient (Wildman–Crippen LogP) is 2.39. The first-order valence-electron chi connectivity index (χ1n) is 4.99. The maximum atomic E-state index is 5.93. The van der Waals surface area contributed by atoms with Crippen LogP contribution in [0.1, 0.15) is 6.42 Å². The molecule has 1 aliphatic heterocycles. The molecule has 2 N–H and O–H groups in total. The van der Waals surface area contributed by atoms with Crippen LogP contribution in [-0.4, -0.2) is 24.8 Å². The summed E-state index contributed by atoms with van der Waals surface area (Å²) in [6.07, 6.45) is 1.00. The number of ether oxygens (including phenoxy) is 2. The van der Waals surface area contributed by atoms with Crippen LogP contribution in [0.25, 0.3) is 0 Å². The zero-order valence-electron chi connectivity index (χ0n) is 8.58. The third-order valence-electron chi connectivity index (χ3n) is 2.40. The van der Waals surface area contributed by atoms with Gasteiger partial charge in [0.05, 0.1) is 18.2 Å². The number of rotatable bonds is 3. The molecule has 4 nitrogen and oxygen atoms in total. The topological polar surface area (TPSA) is 57.4 Å². The lowest BCUT2D eigenvalue weighted by atomic mass is 10.1. The fourth-order valence-electron chi connectivity index (χ4n) is 1.48. The van der Waals surface area contributed by atoms with Gasteiger partial charge in [0, 0.05) is 12.5 Å². The first kappa shape index (κ1) is 11.8. The molecule has 1 aromatic rings. The van der Waals surface area contributed by atoms with E-state index in [9.17, 15) is 0 Å². The Morgan fingerprint density at radius 3 is 3.00 bits per heavy atom. The highest BCUT2D eigenvalue weighted by molar-refractivity contribution is 6.36. The summed E-state index contributed by atoms with van der Waals surface area (Å²) in [7, 11) is 0. The highest BCUT2D eigenvalue weighted by Gasteiger charge is 2.17. The highest BCUT2D eigenvalue weighted by Crippen LogP contribution is 2.29. The molecule has 0 aromatic carbocycles. The van der Waals surface area contributed by atoms with Gasteiger partial charge >= 0.3 is 0 Å². The quantitative estimate of drug-likeness (QED) is 0.909. The summed E-state index contributed by atoms with van der Waals surface area (Å²) in [6.45, 7) is 2.05. The van der Waals surface area contributed by atoms with Crippen molar-refractivity contribution in [3.05, 3.63) is 16.1 Å². The lowest BCUT2D eigenvalue weighted by Gasteiger charge is -2.11. The number of nitrogens with two attached hydrogens (primary N) is 1. The molecule has 6 heteroatoms. The van der Waals surface area contributed by atoms with Crippen molar-refractivity contribution < 1.29 is 9.47 Å². The molecular formula is C10H12Cl2N2O2. The van der Waals surface area contributed by atoms with E-state index in [1.807, 2.05) is 0 Å². The van der Waals surface area contributed by atoms with Crippen molar-refractivity contribution in [2.45, 2.75) is 6.42 Å². The van der Waals surface area contributed by atoms with Crippen LogP contribution in [0.5, 0.6) is 5.88 Å². The van der Waals surface area contributed by atoms with Crippen LogP contribution in [0.2, 0.25) is 10.0 Å². The molecule has 2 rings (SSSR count). The first-order chi connectivity index (χ1) is 7.66. The Bertz CT molecular complexity index is 381. The molecule has 0 aliphatic carbocycles. The SMILES string of the molecule is Nc1nc(OCC2CCOC2)c(Cl)cc1Cl. The Labute approximate surface area is 104 Å². The molecule has 0 bridgehead atoms. The maximum Gasteiger partial charge on any atom is 0.234 e. The zero-order valence-corrected chi connectivity index (χ0v) is 10.1. The lowest BCUT2D eigenvalue weighted by molar-refractivity contribution is 0.165. The van der Waals surface area contributed by atoms with Crippen molar-refractivity contribution in [2.24, 2.45) is 5.92 Å². The van der Waals surface area contributed by atoms with Gasteiger partial charge in [-0.2, -0.15) is 4.98 Å². The Hall–Kier alpha value is -0.710. The van der Waals surface area contributed by atoms with E-state index in [4.69, 9.17) is 38.4 Å². The number of halogens is 2. The second-order valence-corrected chi connectivity index (χ2v) is 4.50. The van der Waals surface area contributed by atoms with E-state index in [2.05, 4.69) is 4.98 Å². The van der Waals surface area contributed by atoms with Crippen molar-refractivity contribution in [2.75, 3.05) is 25.6 Å². The van der Waals surface area contributed by atoms with E-state index in [0.29, 0.717) is 28.5 Å². The highest BCUT2D eigenvalue weighted by atomic mass is 35.5. The van der Waals surface area contributed by atoms with E-state index in [0.717, 1.165) is 19.6 Å². The minimum absolute atomic E-state index is 0.226. The van der Waals surface area contributed by atoms with Gasteiger partial charge in [0.1, 0.15) is 10.8 Å². The molecule has 1 aliphatic rings. The van der Waals surface area contributed by atoms with Crippen LogP contribution in [0, 0.1) is 5.92 Å². The van der Waals surface area contributed by atoms with Crippen molar-refractivity contribution in [1.82, 2.24) is 4.98 Å². The second kappa shape index (κ2) is 5.08. The fraction of sp³-hybridized carbons (Fsp3) is 0.500. The second-order valence-electron chi connectivity index (χ2n) is 3.68. The average Bonchev–Trinajstić information content (AvgIpc) is 2.74. The third-order valence-corrected chi connectivity index (χ3v) is 2.98. The molecule has 2 heterocycles. The van der Waals surface area contributed by atoms with Crippen LogP contribution < -0.4 is 10.5 Å². The molecule has 1 atom stereocenters. The molecule has 1 fully saturated rings. The minimum Gasteiger partial charge on any atom is -0.476 e. The monoisotopic (exact) mass is 262 g/mol. The largest absolute Gasteiger partial charge is 0.476 e. The fourth-order valence-corrected chi connectivity index (χ4v) is 1.89. The molecule has 0 amide bonds. The van der Waals surface area contributed by atoms with E-state index in [1.165, 1.54) is 6.07 Å². The summed E-state index contributed by atoms with van der Waals surface area (Å²) >= 11 is 11.7. The van der Waals surface area contributed by atoms with Crippen LogP contribution in [0.15, 0.2) is 6.07 Å². The molecule has 0 saturated carbocycles. The van der Waals surface area contributed by atoms with Gasteiger partial charge in [0.25, 0.3) is 0 Å². The third kappa shape index (κ3) is 2.70. The Morgan fingerprint density at radius 1 is 1.50 bits per heavy atom. The normalized spacial score (nSPS) is 20.0. The van der Waals surface area contributed by atoms with Crippen LogP contribution in [0.4, 0.5) is 5.82 Å². The molecule has 88 valence electrons. The van der Waals surface area contributed by atoms with E-state index >= 15 is 0 Å². The summed E-state index contributed by atoms with van der Waals surface area (Å²) in [5.41, 5.74) is 5.57. The van der Waals surface area contributed by atoms with E-state index in [1.54, 1.807) is 0 Å². The maximum absolute atomic E-state index is 5.93. The standard InChI is InChI=1S/C10H12Cl2N2O2/c11-7-3-8(12)10(14-9(7)13)16-5-6-1-2-15-4-6/h3,6H,1-2,4-5H2,(H2,13,14).